The molecule has 0 aliphatic rings. The van der Waals surface area contributed by atoms with Crippen LogP contribution in [-0.2, 0) is 0 Å². The van der Waals surface area contributed by atoms with Crippen LogP contribution in [0.1, 0.15) is 0 Å². The van der Waals surface area contributed by atoms with Gasteiger partial charge in [0.05, 0.1) is 11.0 Å². The van der Waals surface area contributed by atoms with Gasteiger partial charge in [0.2, 0.25) is 0 Å². The lowest BCUT2D eigenvalue weighted by atomic mass is 10.1. The molecule has 5 heteroatoms. The summed E-state index contributed by atoms with van der Waals surface area (Å²) in [5, 5.41) is 4.91. The fourth-order valence-electron chi connectivity index (χ4n) is 8.25. The molecule has 3 aromatic heterocycles. The zero-order chi connectivity index (χ0) is 37.7. The average Bonchev–Trinajstić information content (AvgIpc) is 4.00. The summed E-state index contributed by atoms with van der Waals surface area (Å²) < 4.78 is 7.03. The van der Waals surface area contributed by atoms with Crippen molar-refractivity contribution in [2.45, 2.75) is 0 Å². The largest absolute Gasteiger partial charge is 0.317 e. The second-order valence-corrected chi connectivity index (χ2v) is 15.4. The minimum absolute atomic E-state index is 1.12. The summed E-state index contributed by atoms with van der Waals surface area (Å²) in [6.45, 7) is 0. The molecule has 0 saturated carbocycles. The standard InChI is InChI=1S/C52H36N4S/c1-5-13-39(14-6-1)53-31-29-37-33-43(22-26-49(37)53)55(41-17-9-3-10-18-41)45-24-28-51-48(35-45)47-25-21-46(36-52(47)57-51)56(42-19-11-4-12-20-42)44-23-27-50-38(34-44)30-32-54(50)40-15-7-2-8-16-40/h1-36H. The van der Waals surface area contributed by atoms with Crippen LogP contribution >= 0.6 is 11.3 Å². The van der Waals surface area contributed by atoms with E-state index in [1.807, 2.05) is 11.3 Å². The van der Waals surface area contributed by atoms with Gasteiger partial charge in [0, 0.05) is 88.8 Å². The zero-order valence-electron chi connectivity index (χ0n) is 31.0. The van der Waals surface area contributed by atoms with Gasteiger partial charge in [0.1, 0.15) is 0 Å². The summed E-state index contributed by atoms with van der Waals surface area (Å²) in [5.74, 6) is 0. The molecule has 0 fully saturated rings. The third kappa shape index (κ3) is 5.84. The van der Waals surface area contributed by atoms with Gasteiger partial charge in [-0.05, 0) is 127 Å². The van der Waals surface area contributed by atoms with Crippen LogP contribution in [0.15, 0.2) is 219 Å². The van der Waals surface area contributed by atoms with E-state index >= 15 is 0 Å². The number of hydrogen-bond acceptors (Lipinski definition) is 3. The van der Waals surface area contributed by atoms with Crippen molar-refractivity contribution in [2.75, 3.05) is 9.80 Å². The Balaban J connectivity index is 0.997. The Morgan fingerprint density at radius 2 is 0.754 bits per heavy atom. The van der Waals surface area contributed by atoms with E-state index in [4.69, 9.17) is 0 Å². The minimum atomic E-state index is 1.12. The summed E-state index contributed by atoms with van der Waals surface area (Å²) in [6.07, 6.45) is 4.32. The van der Waals surface area contributed by atoms with Crippen LogP contribution in [0.25, 0.3) is 53.4 Å². The molecule has 0 amide bonds. The topological polar surface area (TPSA) is 16.3 Å². The molecule has 0 spiro atoms. The lowest BCUT2D eigenvalue weighted by Gasteiger charge is -2.26. The normalized spacial score (nSPS) is 11.5. The molecule has 11 aromatic rings. The predicted molar refractivity (Wildman–Crippen MR) is 242 cm³/mol. The summed E-state index contributed by atoms with van der Waals surface area (Å²) in [7, 11) is 0. The van der Waals surface area contributed by atoms with E-state index in [-0.39, 0.29) is 0 Å². The van der Waals surface area contributed by atoms with Crippen molar-refractivity contribution >= 4 is 87.4 Å². The second-order valence-electron chi connectivity index (χ2n) is 14.3. The number of fused-ring (bicyclic) bond motifs is 5. The number of thiophene rings is 1. The van der Waals surface area contributed by atoms with Crippen LogP contribution in [0.3, 0.4) is 0 Å². The third-order valence-electron chi connectivity index (χ3n) is 10.9. The monoisotopic (exact) mass is 748 g/mol. The highest BCUT2D eigenvalue weighted by atomic mass is 32.1. The van der Waals surface area contributed by atoms with Crippen molar-refractivity contribution in [3.05, 3.63) is 219 Å². The van der Waals surface area contributed by atoms with E-state index in [1.54, 1.807) is 0 Å². The molecular weight excluding hydrogens is 713 g/mol. The van der Waals surface area contributed by atoms with Gasteiger partial charge in [-0.15, -0.1) is 11.3 Å². The van der Waals surface area contributed by atoms with Crippen molar-refractivity contribution in [1.82, 2.24) is 9.13 Å². The van der Waals surface area contributed by atoms with Gasteiger partial charge in [0.15, 0.2) is 0 Å². The summed E-state index contributed by atoms with van der Waals surface area (Å²) in [5.41, 5.74) is 11.4. The molecule has 4 nitrogen and oxygen atoms in total. The maximum atomic E-state index is 2.37. The molecule has 0 atom stereocenters. The highest BCUT2D eigenvalue weighted by molar-refractivity contribution is 7.25. The Kier molecular flexibility index (Phi) is 7.97. The Morgan fingerprint density at radius 1 is 0.316 bits per heavy atom. The number of benzene rings is 8. The smallest absolute Gasteiger partial charge is 0.0529 e. The molecule has 0 unspecified atom stereocenters. The van der Waals surface area contributed by atoms with Crippen LogP contribution in [-0.4, -0.2) is 9.13 Å². The average molecular weight is 749 g/mol. The van der Waals surface area contributed by atoms with Gasteiger partial charge in [-0.3, -0.25) is 0 Å². The number of nitrogens with zero attached hydrogens (tertiary/aromatic N) is 4. The summed E-state index contributed by atoms with van der Waals surface area (Å²) >= 11 is 1.85. The Bertz CT molecular complexity index is 3180. The fraction of sp³-hybridized carbons (Fsp3) is 0. The third-order valence-corrected chi connectivity index (χ3v) is 12.0. The molecule has 0 bridgehead atoms. The van der Waals surface area contributed by atoms with Gasteiger partial charge in [-0.2, -0.15) is 0 Å². The van der Waals surface area contributed by atoms with Crippen LogP contribution < -0.4 is 9.80 Å². The lowest BCUT2D eigenvalue weighted by Crippen LogP contribution is -2.09. The first-order valence-corrected chi connectivity index (χ1v) is 20.1. The van der Waals surface area contributed by atoms with E-state index in [1.165, 1.54) is 42.0 Å². The Morgan fingerprint density at radius 3 is 1.28 bits per heavy atom. The summed E-state index contributed by atoms with van der Waals surface area (Å²) in [4.78, 5) is 4.74. The number of rotatable bonds is 8. The van der Waals surface area contributed by atoms with Crippen molar-refractivity contribution < 1.29 is 0 Å². The van der Waals surface area contributed by atoms with Crippen LogP contribution in [0, 0.1) is 0 Å². The zero-order valence-corrected chi connectivity index (χ0v) is 31.8. The Hall–Kier alpha value is -7.34. The van der Waals surface area contributed by atoms with E-state index in [2.05, 4.69) is 238 Å². The second kappa shape index (κ2) is 13.7. The highest BCUT2D eigenvalue weighted by Gasteiger charge is 2.19. The van der Waals surface area contributed by atoms with Crippen molar-refractivity contribution in [1.29, 1.82) is 0 Å². The quantitative estimate of drug-likeness (QED) is 0.154. The van der Waals surface area contributed by atoms with E-state index in [9.17, 15) is 0 Å². The lowest BCUT2D eigenvalue weighted by molar-refractivity contribution is 1.13. The number of anilines is 6. The van der Waals surface area contributed by atoms with E-state index in [0.717, 1.165) is 45.5 Å². The van der Waals surface area contributed by atoms with E-state index < -0.39 is 0 Å². The Labute approximate surface area is 334 Å². The summed E-state index contributed by atoms with van der Waals surface area (Å²) in [6, 6.07) is 74.2. The van der Waals surface area contributed by atoms with Crippen LogP contribution in [0.2, 0.25) is 0 Å². The molecule has 0 aliphatic heterocycles. The molecular formula is C52H36N4S. The van der Waals surface area contributed by atoms with Crippen LogP contribution in [0.5, 0.6) is 0 Å². The maximum absolute atomic E-state index is 2.37. The van der Waals surface area contributed by atoms with Gasteiger partial charge in [-0.1, -0.05) is 78.9 Å². The molecule has 270 valence electrons. The highest BCUT2D eigenvalue weighted by Crippen LogP contribution is 2.44. The first kappa shape index (κ1) is 33.0. The molecule has 0 aliphatic carbocycles. The predicted octanol–water partition coefficient (Wildman–Crippen LogP) is 14.9. The number of hydrogen-bond donors (Lipinski definition) is 0. The molecule has 0 N–H and O–H groups in total. The van der Waals surface area contributed by atoms with Gasteiger partial charge in [-0.25, -0.2) is 0 Å². The van der Waals surface area contributed by atoms with Crippen molar-refractivity contribution in [3.63, 3.8) is 0 Å². The van der Waals surface area contributed by atoms with Crippen molar-refractivity contribution in [2.24, 2.45) is 0 Å². The minimum Gasteiger partial charge on any atom is -0.317 e. The first-order chi connectivity index (χ1) is 28.2. The number of aromatic nitrogens is 2. The van der Waals surface area contributed by atoms with Crippen LogP contribution in [0.4, 0.5) is 34.1 Å². The van der Waals surface area contributed by atoms with Crippen molar-refractivity contribution in [3.8, 4) is 11.4 Å². The molecule has 57 heavy (non-hydrogen) atoms. The van der Waals surface area contributed by atoms with E-state index in [0.29, 0.717) is 0 Å². The SMILES string of the molecule is c1ccc(N(c2ccc3c(ccn3-c3ccccc3)c2)c2ccc3c(c2)sc2ccc(N(c4ccccc4)c4ccc5c(ccn5-c5ccccc5)c4)cc23)cc1. The van der Waals surface area contributed by atoms with Gasteiger partial charge in [0.25, 0.3) is 0 Å². The molecule has 11 rings (SSSR count). The van der Waals surface area contributed by atoms with Gasteiger partial charge >= 0.3 is 0 Å². The molecule has 0 saturated heterocycles. The molecule has 0 radical (unpaired) electrons. The number of para-hydroxylation sites is 4. The van der Waals surface area contributed by atoms with Gasteiger partial charge < -0.3 is 18.9 Å². The molecule has 3 heterocycles. The fourth-order valence-corrected chi connectivity index (χ4v) is 9.37. The maximum Gasteiger partial charge on any atom is 0.0529 e. The molecule has 8 aromatic carbocycles. The first-order valence-electron chi connectivity index (χ1n) is 19.2.